The number of nitrogens with one attached hydrogen (secondary N) is 1. The van der Waals surface area contributed by atoms with Crippen molar-refractivity contribution in [2.24, 2.45) is 0 Å². The monoisotopic (exact) mass is 385 g/mol. The van der Waals surface area contributed by atoms with Crippen LogP contribution in [0.1, 0.15) is 31.0 Å². The Hall–Kier alpha value is -2.70. The Morgan fingerprint density at radius 2 is 1.21 bits per heavy atom. The molecular weight excluding hydrogens is 359 g/mol. The zero-order chi connectivity index (χ0) is 19.6. The van der Waals surface area contributed by atoms with Crippen LogP contribution in [0, 0.1) is 6.92 Å². The quantitative estimate of drug-likeness (QED) is 0.505. The van der Waals surface area contributed by atoms with E-state index in [1.54, 1.807) is 0 Å². The third-order valence-corrected chi connectivity index (χ3v) is 9.31. The summed E-state index contributed by atoms with van der Waals surface area (Å²) in [7, 11) is -2.11. The highest BCUT2D eigenvalue weighted by molar-refractivity contribution is 8.01. The average molecular weight is 385 g/mol. The molecule has 0 aliphatic heterocycles. The first-order valence-electron chi connectivity index (χ1n) is 9.75. The number of aryl methyl sites for hydroxylation is 1. The molecule has 140 valence electrons. The molecule has 0 saturated carbocycles. The molecule has 2 nitrogen and oxygen atoms in total. The van der Waals surface area contributed by atoms with E-state index in [2.05, 4.69) is 111 Å². The molecule has 4 rings (SSSR count). The summed E-state index contributed by atoms with van der Waals surface area (Å²) < 4.78 is 0. The summed E-state index contributed by atoms with van der Waals surface area (Å²) >= 11 is 0. The van der Waals surface area contributed by atoms with Crippen LogP contribution in [-0.4, -0.2) is 9.97 Å². The highest BCUT2D eigenvalue weighted by Crippen LogP contribution is 2.53. The van der Waals surface area contributed by atoms with Crippen LogP contribution in [0.5, 0.6) is 0 Å². The van der Waals surface area contributed by atoms with E-state index in [4.69, 9.17) is 4.98 Å². The number of aromatic amines is 1. The summed E-state index contributed by atoms with van der Waals surface area (Å²) in [6, 6.07) is 30.7. The molecule has 0 fully saturated rings. The lowest BCUT2D eigenvalue weighted by molar-refractivity contribution is 0.834. The molecule has 0 saturated heterocycles. The molecule has 1 heterocycles. The maximum Gasteiger partial charge on any atom is 0.270 e. The van der Waals surface area contributed by atoms with Crippen molar-refractivity contribution in [1.29, 1.82) is 0 Å². The zero-order valence-corrected chi connectivity index (χ0v) is 17.5. The molecule has 3 aromatic carbocycles. The smallest absolute Gasteiger partial charge is 0.270 e. The fourth-order valence-corrected chi connectivity index (χ4v) is 7.66. The Bertz CT molecular complexity index is 995. The minimum Gasteiger partial charge on any atom is -0.312 e. The number of imidazole rings is 1. The van der Waals surface area contributed by atoms with E-state index in [0.717, 1.165) is 5.57 Å². The van der Waals surface area contributed by atoms with Crippen molar-refractivity contribution < 1.29 is 0 Å². The van der Waals surface area contributed by atoms with E-state index in [1.807, 2.05) is 6.20 Å². The number of rotatable bonds is 5. The maximum absolute atomic E-state index is 4.96. The predicted molar refractivity (Wildman–Crippen MR) is 122 cm³/mol. The van der Waals surface area contributed by atoms with Crippen molar-refractivity contribution in [3.8, 4) is 0 Å². The van der Waals surface area contributed by atoms with Gasteiger partial charge in [-0.1, -0.05) is 67.9 Å². The third kappa shape index (κ3) is 3.19. The molecule has 0 aliphatic carbocycles. The van der Waals surface area contributed by atoms with E-state index in [9.17, 15) is 0 Å². The molecule has 0 radical (unpaired) electrons. The van der Waals surface area contributed by atoms with Crippen molar-refractivity contribution in [3.63, 3.8) is 0 Å². The number of benzene rings is 3. The summed E-state index contributed by atoms with van der Waals surface area (Å²) in [4.78, 5) is 8.66. The van der Waals surface area contributed by atoms with Gasteiger partial charge in [-0.05, 0) is 49.2 Å². The SMILES string of the molecule is Cc1ccc([P+](c2ccccc2)(c2ccccc2)c2ncc(C(C)C)[nH]2)cc1. The first-order chi connectivity index (χ1) is 13.6. The van der Waals surface area contributed by atoms with Gasteiger partial charge in [0, 0.05) is 5.69 Å². The predicted octanol–water partition coefficient (Wildman–Crippen LogP) is 4.46. The molecule has 3 heteroatoms. The van der Waals surface area contributed by atoms with Crippen LogP contribution in [0.3, 0.4) is 0 Å². The van der Waals surface area contributed by atoms with Crippen LogP contribution in [0.4, 0.5) is 0 Å². The Morgan fingerprint density at radius 1 is 0.714 bits per heavy atom. The standard InChI is InChI=1S/C25H26N2P/c1-19(2)24-18-26-25(27-24)28(21-10-6-4-7-11-21,22-12-8-5-9-13-22)23-16-14-20(3)15-17-23/h4-19H,1-3H3,(H,26,27)/q+1. The van der Waals surface area contributed by atoms with Gasteiger partial charge in [0.25, 0.3) is 5.57 Å². The third-order valence-electron chi connectivity index (χ3n) is 5.23. The number of aromatic nitrogens is 2. The molecule has 28 heavy (non-hydrogen) atoms. The van der Waals surface area contributed by atoms with E-state index < -0.39 is 7.26 Å². The normalized spacial score (nSPS) is 11.7. The molecule has 0 spiro atoms. The molecule has 0 unspecified atom stereocenters. The second kappa shape index (κ2) is 7.73. The van der Waals surface area contributed by atoms with E-state index >= 15 is 0 Å². The average Bonchev–Trinajstić information content (AvgIpc) is 3.22. The van der Waals surface area contributed by atoms with Crippen LogP contribution >= 0.6 is 7.26 Å². The number of hydrogen-bond donors (Lipinski definition) is 1. The second-order valence-electron chi connectivity index (χ2n) is 7.49. The summed E-state index contributed by atoms with van der Waals surface area (Å²) in [5.41, 5.74) is 3.51. The van der Waals surface area contributed by atoms with Crippen molar-refractivity contribution in [1.82, 2.24) is 9.97 Å². The van der Waals surface area contributed by atoms with Gasteiger partial charge in [0.2, 0.25) is 0 Å². The number of hydrogen-bond acceptors (Lipinski definition) is 1. The lowest BCUT2D eigenvalue weighted by Gasteiger charge is -2.25. The molecule has 1 N–H and O–H groups in total. The maximum atomic E-state index is 4.96. The summed E-state index contributed by atoms with van der Waals surface area (Å²) in [6.45, 7) is 6.54. The minimum absolute atomic E-state index is 0.410. The van der Waals surface area contributed by atoms with Gasteiger partial charge in [0.15, 0.2) is 7.26 Å². The van der Waals surface area contributed by atoms with Gasteiger partial charge in [-0.15, -0.1) is 0 Å². The Morgan fingerprint density at radius 3 is 1.68 bits per heavy atom. The largest absolute Gasteiger partial charge is 0.312 e. The van der Waals surface area contributed by atoms with Gasteiger partial charge in [-0.2, -0.15) is 0 Å². The van der Waals surface area contributed by atoms with Crippen LogP contribution in [0.2, 0.25) is 0 Å². The molecule has 1 aromatic heterocycles. The van der Waals surface area contributed by atoms with E-state index in [0.29, 0.717) is 5.92 Å². The summed E-state index contributed by atoms with van der Waals surface area (Å²) in [5, 5.41) is 3.95. The first-order valence-corrected chi connectivity index (χ1v) is 11.5. The number of H-pyrrole nitrogens is 1. The van der Waals surface area contributed by atoms with Crippen molar-refractivity contribution in [2.75, 3.05) is 0 Å². The summed E-state index contributed by atoms with van der Waals surface area (Å²) in [5.74, 6) is 0.410. The number of nitrogens with zero attached hydrogens (tertiary/aromatic N) is 1. The van der Waals surface area contributed by atoms with Crippen LogP contribution in [0.25, 0.3) is 0 Å². The lowest BCUT2D eigenvalue weighted by Crippen LogP contribution is -2.40. The van der Waals surface area contributed by atoms with Crippen LogP contribution in [-0.2, 0) is 0 Å². The molecule has 4 aromatic rings. The molecule has 0 amide bonds. The minimum atomic E-state index is -2.11. The molecule has 0 atom stereocenters. The molecule has 0 aliphatic rings. The van der Waals surface area contributed by atoms with Gasteiger partial charge in [-0.25, -0.2) is 4.98 Å². The fourth-order valence-electron chi connectivity index (χ4n) is 3.67. The summed E-state index contributed by atoms with van der Waals surface area (Å²) in [6.07, 6.45) is 2.01. The second-order valence-corrected chi connectivity index (χ2v) is 10.8. The van der Waals surface area contributed by atoms with E-state index in [1.165, 1.54) is 27.2 Å². The van der Waals surface area contributed by atoms with Crippen LogP contribution in [0.15, 0.2) is 91.1 Å². The van der Waals surface area contributed by atoms with Gasteiger partial charge < -0.3 is 4.98 Å². The van der Waals surface area contributed by atoms with Gasteiger partial charge in [0.05, 0.1) is 6.20 Å². The highest BCUT2D eigenvalue weighted by atomic mass is 31.2. The Balaban J connectivity index is 2.09. The lowest BCUT2D eigenvalue weighted by atomic mass is 10.2. The van der Waals surface area contributed by atoms with Gasteiger partial charge in [-0.3, -0.25) is 0 Å². The van der Waals surface area contributed by atoms with Crippen molar-refractivity contribution >= 4 is 28.7 Å². The van der Waals surface area contributed by atoms with Crippen molar-refractivity contribution in [2.45, 2.75) is 26.7 Å². The molecule has 0 bridgehead atoms. The van der Waals surface area contributed by atoms with Gasteiger partial charge in [0.1, 0.15) is 15.9 Å². The molecular formula is C25H26N2P+. The fraction of sp³-hybridized carbons (Fsp3) is 0.160. The topological polar surface area (TPSA) is 28.7 Å². The Labute approximate surface area is 168 Å². The first kappa shape index (κ1) is 18.7. The highest BCUT2D eigenvalue weighted by Gasteiger charge is 2.50. The van der Waals surface area contributed by atoms with Crippen molar-refractivity contribution in [3.05, 3.63) is 102 Å². The van der Waals surface area contributed by atoms with Gasteiger partial charge >= 0.3 is 0 Å². The zero-order valence-electron chi connectivity index (χ0n) is 16.6. The van der Waals surface area contributed by atoms with Crippen LogP contribution < -0.4 is 21.5 Å². The Kier molecular flexibility index (Phi) is 5.15. The van der Waals surface area contributed by atoms with E-state index in [-0.39, 0.29) is 0 Å².